The van der Waals surface area contributed by atoms with Crippen LogP contribution in [0.2, 0.25) is 0 Å². The quantitative estimate of drug-likeness (QED) is 0.272. The van der Waals surface area contributed by atoms with Crippen LogP contribution in [0.4, 0.5) is 13.6 Å². The van der Waals surface area contributed by atoms with Crippen LogP contribution < -0.4 is 20.7 Å². The Morgan fingerprint density at radius 1 is 1.32 bits per heavy atom. The maximum absolute atomic E-state index is 12.2. The van der Waals surface area contributed by atoms with Crippen molar-refractivity contribution >= 4 is 17.9 Å². The van der Waals surface area contributed by atoms with E-state index in [4.69, 9.17) is 0 Å². The Morgan fingerprint density at radius 3 is 2.61 bits per heavy atom. The highest BCUT2D eigenvalue weighted by Crippen LogP contribution is 2.19. The van der Waals surface area contributed by atoms with Crippen molar-refractivity contribution in [2.45, 2.75) is 19.6 Å². The Balaban J connectivity index is 1.86. The molecule has 1 saturated heterocycles. The van der Waals surface area contributed by atoms with Gasteiger partial charge in [0.05, 0.1) is 19.2 Å². The first-order chi connectivity index (χ1) is 13.4. The van der Waals surface area contributed by atoms with Crippen LogP contribution in [0.1, 0.15) is 18.6 Å². The van der Waals surface area contributed by atoms with Crippen molar-refractivity contribution in [3.8, 4) is 5.75 Å². The number of hydrogen-bond donors (Lipinski definition) is 4. The number of nitrogens with one attached hydrogen (secondary N) is 3. The lowest BCUT2D eigenvalue weighted by Crippen LogP contribution is -2.43. The number of aliphatic hydroxyl groups excluding tert-OH is 1. The maximum atomic E-state index is 12.2. The van der Waals surface area contributed by atoms with Gasteiger partial charge >= 0.3 is 12.6 Å². The van der Waals surface area contributed by atoms with Crippen LogP contribution in [0, 0.1) is 0 Å². The molecule has 28 heavy (non-hydrogen) atoms. The van der Waals surface area contributed by atoms with E-state index >= 15 is 0 Å². The first kappa shape index (κ1) is 21.4. The van der Waals surface area contributed by atoms with Crippen LogP contribution in [0.15, 0.2) is 29.3 Å². The fourth-order valence-electron chi connectivity index (χ4n) is 2.46. The van der Waals surface area contributed by atoms with Crippen LogP contribution in [-0.4, -0.2) is 67.2 Å². The minimum Gasteiger partial charge on any atom is -0.435 e. The Hall–Kier alpha value is -2.95. The van der Waals surface area contributed by atoms with Crippen LogP contribution in [0.25, 0.3) is 0 Å². The fraction of sp³-hybridized carbons (Fsp3) is 0.471. The van der Waals surface area contributed by atoms with Gasteiger partial charge in [-0.3, -0.25) is 14.7 Å². The van der Waals surface area contributed by atoms with E-state index in [0.29, 0.717) is 24.6 Å². The molecule has 4 N–H and O–H groups in total. The number of hydrogen-bond acceptors (Lipinski definition) is 5. The normalized spacial score (nSPS) is 15.6. The minimum absolute atomic E-state index is 0.000323. The number of nitrogens with zero attached hydrogens (tertiary/aromatic N) is 2. The van der Waals surface area contributed by atoms with E-state index < -0.39 is 18.7 Å². The zero-order valence-electron chi connectivity index (χ0n) is 15.3. The third kappa shape index (κ3) is 6.34. The van der Waals surface area contributed by atoms with Crippen LogP contribution in [0.5, 0.6) is 5.75 Å². The topological polar surface area (TPSA) is 115 Å². The third-order valence-electron chi connectivity index (χ3n) is 3.82. The number of aliphatic hydroxyl groups is 1. The summed E-state index contributed by atoms with van der Waals surface area (Å²) in [5, 5.41) is 18.6. The van der Waals surface area contributed by atoms with E-state index in [0.717, 1.165) is 4.90 Å². The molecule has 1 heterocycles. The molecule has 1 unspecified atom stereocenters. The number of amides is 3. The molecule has 3 amide bonds. The molecule has 0 spiro atoms. The number of guanidine groups is 1. The number of ether oxygens (including phenoxy) is 1. The molecule has 0 aliphatic carbocycles. The predicted molar refractivity (Wildman–Crippen MR) is 97.1 cm³/mol. The second-order valence-corrected chi connectivity index (χ2v) is 5.81. The van der Waals surface area contributed by atoms with Crippen molar-refractivity contribution < 1.29 is 28.2 Å². The summed E-state index contributed by atoms with van der Waals surface area (Å²) in [5.74, 6) is 0.125. The number of imide groups is 1. The van der Waals surface area contributed by atoms with E-state index in [1.54, 1.807) is 0 Å². The largest absolute Gasteiger partial charge is 0.435 e. The van der Waals surface area contributed by atoms with Gasteiger partial charge < -0.3 is 25.8 Å². The lowest BCUT2D eigenvalue weighted by atomic mass is 10.1. The average molecular weight is 399 g/mol. The summed E-state index contributed by atoms with van der Waals surface area (Å²) in [6, 6.07) is 5.22. The number of carbonyl (C=O) groups excluding carboxylic acids is 2. The lowest BCUT2D eigenvalue weighted by molar-refractivity contribution is -0.124. The second-order valence-electron chi connectivity index (χ2n) is 5.81. The summed E-state index contributed by atoms with van der Waals surface area (Å²) < 4.78 is 28.6. The molecule has 154 valence electrons. The molecule has 0 aromatic heterocycles. The van der Waals surface area contributed by atoms with E-state index in [1.165, 1.54) is 24.3 Å². The van der Waals surface area contributed by atoms with E-state index in [2.05, 4.69) is 25.7 Å². The minimum atomic E-state index is -2.91. The van der Waals surface area contributed by atoms with Crippen molar-refractivity contribution in [1.29, 1.82) is 0 Å². The Bertz CT molecular complexity index is 683. The number of carbonyl (C=O) groups is 2. The standard InChI is InChI=1S/C17H23F2N5O4/c1-2-20-16(21-7-8-24-14(26)10-23-17(24)27)22-9-13(25)11-3-5-12(6-4-11)28-15(18)19/h3-6,13,15,25H,2,7-10H2,1H3,(H,23,27)(H2,20,21,22). The molecule has 1 aliphatic heterocycles. The van der Waals surface area contributed by atoms with Crippen molar-refractivity contribution in [3.05, 3.63) is 29.8 Å². The molecule has 2 rings (SSSR count). The van der Waals surface area contributed by atoms with Gasteiger partial charge in [-0.15, -0.1) is 0 Å². The summed E-state index contributed by atoms with van der Waals surface area (Å²) in [6.07, 6.45) is -0.943. The van der Waals surface area contributed by atoms with Gasteiger partial charge in [0.1, 0.15) is 5.75 Å². The number of rotatable bonds is 9. The number of urea groups is 1. The van der Waals surface area contributed by atoms with E-state index in [-0.39, 0.29) is 31.3 Å². The van der Waals surface area contributed by atoms with Gasteiger partial charge in [0.2, 0.25) is 5.91 Å². The number of halogens is 2. The van der Waals surface area contributed by atoms with E-state index in [1.807, 2.05) is 6.92 Å². The number of benzene rings is 1. The molecule has 0 saturated carbocycles. The molecule has 1 atom stereocenters. The molecular weight excluding hydrogens is 376 g/mol. The molecule has 11 heteroatoms. The van der Waals surface area contributed by atoms with Crippen molar-refractivity contribution in [1.82, 2.24) is 20.9 Å². The second kappa shape index (κ2) is 10.4. The molecular formula is C17H23F2N5O4. The monoisotopic (exact) mass is 399 g/mol. The molecule has 1 aliphatic rings. The maximum Gasteiger partial charge on any atom is 0.387 e. The number of aliphatic imine (C=N–C) groups is 1. The molecule has 0 bridgehead atoms. The van der Waals surface area contributed by atoms with Gasteiger partial charge in [0, 0.05) is 19.6 Å². The summed E-state index contributed by atoms with van der Waals surface area (Å²) in [6.45, 7) is 0.0334. The zero-order valence-corrected chi connectivity index (χ0v) is 15.3. The fourth-order valence-corrected chi connectivity index (χ4v) is 2.46. The lowest BCUT2D eigenvalue weighted by Gasteiger charge is -2.16. The van der Waals surface area contributed by atoms with Crippen molar-refractivity contribution in [3.63, 3.8) is 0 Å². The third-order valence-corrected chi connectivity index (χ3v) is 3.82. The smallest absolute Gasteiger partial charge is 0.387 e. The molecule has 1 aromatic carbocycles. The SMILES string of the molecule is CCNC(=NCC(O)c1ccc(OC(F)F)cc1)NCCN1C(=O)CNC1=O. The molecule has 1 aromatic rings. The Morgan fingerprint density at radius 2 is 2.04 bits per heavy atom. The van der Waals surface area contributed by atoms with Gasteiger partial charge in [0.15, 0.2) is 5.96 Å². The van der Waals surface area contributed by atoms with Crippen LogP contribution >= 0.6 is 0 Å². The van der Waals surface area contributed by atoms with Gasteiger partial charge in [-0.2, -0.15) is 8.78 Å². The van der Waals surface area contributed by atoms with E-state index in [9.17, 15) is 23.5 Å². The molecule has 0 radical (unpaired) electrons. The van der Waals surface area contributed by atoms with Gasteiger partial charge in [-0.05, 0) is 24.6 Å². The van der Waals surface area contributed by atoms with Gasteiger partial charge in [-0.1, -0.05) is 12.1 Å². The molecule has 9 nitrogen and oxygen atoms in total. The summed E-state index contributed by atoms with van der Waals surface area (Å²) in [4.78, 5) is 28.4. The summed E-state index contributed by atoms with van der Waals surface area (Å²) >= 11 is 0. The van der Waals surface area contributed by atoms with Crippen molar-refractivity contribution in [2.24, 2.45) is 4.99 Å². The van der Waals surface area contributed by atoms with Crippen molar-refractivity contribution in [2.75, 3.05) is 32.7 Å². The predicted octanol–water partition coefficient (Wildman–Crippen LogP) is 0.428. The highest BCUT2D eigenvalue weighted by molar-refractivity contribution is 6.01. The first-order valence-corrected chi connectivity index (χ1v) is 8.74. The van der Waals surface area contributed by atoms with Crippen LogP contribution in [0.3, 0.4) is 0 Å². The highest BCUT2D eigenvalue weighted by atomic mass is 19.3. The van der Waals surface area contributed by atoms with Gasteiger partial charge in [0.25, 0.3) is 0 Å². The number of alkyl halides is 2. The highest BCUT2D eigenvalue weighted by Gasteiger charge is 2.27. The first-order valence-electron chi connectivity index (χ1n) is 8.74. The Labute approximate surface area is 160 Å². The summed E-state index contributed by atoms with van der Waals surface area (Å²) in [7, 11) is 0. The zero-order chi connectivity index (χ0) is 20.5. The summed E-state index contributed by atoms with van der Waals surface area (Å²) in [5.41, 5.74) is 0.501. The van der Waals surface area contributed by atoms with Gasteiger partial charge in [-0.25, -0.2) is 4.79 Å². The Kier molecular flexibility index (Phi) is 7.93. The average Bonchev–Trinajstić information content (AvgIpc) is 2.98. The molecule has 1 fully saturated rings. The van der Waals surface area contributed by atoms with Crippen LogP contribution in [-0.2, 0) is 4.79 Å².